The summed E-state index contributed by atoms with van der Waals surface area (Å²) in [7, 11) is 0. The highest BCUT2D eigenvalue weighted by Crippen LogP contribution is 2.59. The van der Waals surface area contributed by atoms with Crippen molar-refractivity contribution in [2.75, 3.05) is 0 Å². The van der Waals surface area contributed by atoms with E-state index in [4.69, 9.17) is 11.6 Å². The molecule has 2 aromatic rings. The van der Waals surface area contributed by atoms with Gasteiger partial charge in [0.05, 0.1) is 0 Å². The first kappa shape index (κ1) is 15.9. The van der Waals surface area contributed by atoms with Crippen molar-refractivity contribution >= 4 is 11.6 Å². The Morgan fingerprint density at radius 2 is 1.64 bits per heavy atom. The summed E-state index contributed by atoms with van der Waals surface area (Å²) >= 11 is 6.67. The van der Waals surface area contributed by atoms with E-state index in [1.807, 2.05) is 0 Å². The molecule has 2 fully saturated rings. The molecule has 2 aromatic carbocycles. The lowest BCUT2D eigenvalue weighted by Gasteiger charge is -2.49. The van der Waals surface area contributed by atoms with Gasteiger partial charge in [-0.25, -0.2) is 0 Å². The maximum Gasteiger partial charge on any atom is 0.0487 e. The minimum Gasteiger partial charge on any atom is -0.0837 e. The maximum absolute atomic E-state index is 6.67. The molecule has 6 unspecified atom stereocenters. The maximum atomic E-state index is 6.67. The molecular weight excluding hydrogens is 324 g/mol. The number of halogens is 1. The van der Waals surface area contributed by atoms with Gasteiger partial charge in [-0.1, -0.05) is 61.8 Å². The van der Waals surface area contributed by atoms with Gasteiger partial charge in [-0.3, -0.25) is 0 Å². The van der Waals surface area contributed by atoms with Gasteiger partial charge in [0.25, 0.3) is 0 Å². The first-order chi connectivity index (χ1) is 12.1. The number of rotatable bonds is 1. The Bertz CT molecular complexity index is 803. The van der Waals surface area contributed by atoms with Crippen LogP contribution in [-0.2, 0) is 0 Å². The van der Waals surface area contributed by atoms with Crippen LogP contribution in [0.15, 0.2) is 42.5 Å². The molecule has 0 radical (unpaired) electrons. The Hall–Kier alpha value is -1.27. The van der Waals surface area contributed by atoms with Crippen molar-refractivity contribution in [1.29, 1.82) is 0 Å². The van der Waals surface area contributed by atoms with Crippen LogP contribution in [0.3, 0.4) is 0 Å². The van der Waals surface area contributed by atoms with Crippen molar-refractivity contribution in [2.24, 2.45) is 29.6 Å². The highest BCUT2D eigenvalue weighted by Gasteiger charge is 2.46. The molecule has 0 amide bonds. The topological polar surface area (TPSA) is 0 Å². The van der Waals surface area contributed by atoms with E-state index >= 15 is 0 Å². The van der Waals surface area contributed by atoms with Crippen LogP contribution in [0, 0.1) is 29.6 Å². The Labute approximate surface area is 156 Å². The van der Waals surface area contributed by atoms with Crippen LogP contribution < -0.4 is 0 Å². The molecule has 0 spiro atoms. The third-order valence-corrected chi connectivity index (χ3v) is 7.63. The van der Waals surface area contributed by atoms with Crippen LogP contribution in [0.25, 0.3) is 11.1 Å². The van der Waals surface area contributed by atoms with Gasteiger partial charge < -0.3 is 0 Å². The molecule has 3 aliphatic rings. The fourth-order valence-corrected chi connectivity index (χ4v) is 7.00. The lowest BCUT2D eigenvalue weighted by atomic mass is 9.56. The molecule has 0 aromatic heterocycles. The highest BCUT2D eigenvalue weighted by atomic mass is 35.5. The Kier molecular flexibility index (Phi) is 3.75. The molecule has 0 nitrogen and oxygen atoms in total. The quantitative estimate of drug-likeness (QED) is 0.511. The van der Waals surface area contributed by atoms with Crippen LogP contribution in [-0.4, -0.2) is 0 Å². The normalized spacial score (nSPS) is 36.0. The summed E-state index contributed by atoms with van der Waals surface area (Å²) in [5, 5.41) is 0.922. The first-order valence-electron chi connectivity index (χ1n) is 10.0. The fraction of sp³-hybridized carbons (Fsp3) is 0.500. The second-order valence-corrected chi connectivity index (χ2v) is 9.40. The average Bonchev–Trinajstić information content (AvgIpc) is 2.90. The van der Waals surface area contributed by atoms with E-state index in [-0.39, 0.29) is 0 Å². The summed E-state index contributed by atoms with van der Waals surface area (Å²) in [5.74, 6) is 4.85. The van der Waals surface area contributed by atoms with E-state index in [1.165, 1.54) is 47.9 Å². The van der Waals surface area contributed by atoms with E-state index in [0.29, 0.717) is 5.92 Å². The van der Waals surface area contributed by atoms with Gasteiger partial charge in [-0.15, -0.1) is 0 Å². The Morgan fingerprint density at radius 3 is 2.52 bits per heavy atom. The van der Waals surface area contributed by atoms with E-state index < -0.39 is 0 Å². The number of benzene rings is 2. The van der Waals surface area contributed by atoms with Gasteiger partial charge in [0.2, 0.25) is 0 Å². The van der Waals surface area contributed by atoms with Crippen LogP contribution >= 0.6 is 11.6 Å². The Balaban J connectivity index is 1.65. The zero-order chi connectivity index (χ0) is 17.1. The van der Waals surface area contributed by atoms with Crippen molar-refractivity contribution in [3.8, 4) is 11.1 Å². The van der Waals surface area contributed by atoms with Crippen LogP contribution in [0.2, 0.25) is 5.02 Å². The SMILES string of the molecule is CC1CC2CC(C)C(C3c4ccccc4-c4c(Cl)cccc43)C(C1)C2. The predicted molar refractivity (Wildman–Crippen MR) is 106 cm³/mol. The van der Waals surface area contributed by atoms with Crippen molar-refractivity contribution < 1.29 is 0 Å². The monoisotopic (exact) mass is 350 g/mol. The third kappa shape index (κ3) is 2.40. The molecule has 2 bridgehead atoms. The average molecular weight is 351 g/mol. The number of fused-ring (bicyclic) bond motifs is 5. The van der Waals surface area contributed by atoms with Crippen LogP contribution in [0.1, 0.15) is 56.6 Å². The molecule has 3 aliphatic carbocycles. The molecule has 0 aliphatic heterocycles. The van der Waals surface area contributed by atoms with E-state index in [9.17, 15) is 0 Å². The Morgan fingerprint density at radius 1 is 0.840 bits per heavy atom. The van der Waals surface area contributed by atoms with Gasteiger partial charge in [0.1, 0.15) is 0 Å². The minimum absolute atomic E-state index is 0.538. The zero-order valence-electron chi connectivity index (χ0n) is 15.2. The summed E-state index contributed by atoms with van der Waals surface area (Å²) in [6.45, 7) is 4.99. The third-order valence-electron chi connectivity index (χ3n) is 7.31. The van der Waals surface area contributed by atoms with Crippen molar-refractivity contribution in [3.63, 3.8) is 0 Å². The molecule has 0 heterocycles. The van der Waals surface area contributed by atoms with Crippen molar-refractivity contribution in [1.82, 2.24) is 0 Å². The van der Waals surface area contributed by atoms with E-state index in [0.717, 1.165) is 34.6 Å². The predicted octanol–water partition coefficient (Wildman–Crippen LogP) is 7.16. The smallest absolute Gasteiger partial charge is 0.0487 e. The van der Waals surface area contributed by atoms with Crippen molar-refractivity contribution in [2.45, 2.75) is 45.4 Å². The molecule has 2 saturated carbocycles. The fourth-order valence-electron chi connectivity index (χ4n) is 6.72. The van der Waals surface area contributed by atoms with Gasteiger partial charge >= 0.3 is 0 Å². The van der Waals surface area contributed by atoms with Crippen LogP contribution in [0.5, 0.6) is 0 Å². The minimum atomic E-state index is 0.538. The van der Waals surface area contributed by atoms with Gasteiger partial charge in [-0.2, -0.15) is 0 Å². The number of hydrogen-bond donors (Lipinski definition) is 0. The molecule has 130 valence electrons. The molecule has 25 heavy (non-hydrogen) atoms. The second kappa shape index (κ2) is 5.88. The van der Waals surface area contributed by atoms with Gasteiger partial charge in [0, 0.05) is 16.5 Å². The summed E-state index contributed by atoms with van der Waals surface area (Å²) in [6, 6.07) is 15.6. The largest absolute Gasteiger partial charge is 0.0837 e. The van der Waals surface area contributed by atoms with Crippen molar-refractivity contribution in [3.05, 3.63) is 58.6 Å². The molecule has 0 saturated heterocycles. The van der Waals surface area contributed by atoms with Crippen LogP contribution in [0.4, 0.5) is 0 Å². The van der Waals surface area contributed by atoms with Gasteiger partial charge in [0.15, 0.2) is 0 Å². The summed E-state index contributed by atoms with van der Waals surface area (Å²) in [5.41, 5.74) is 5.70. The first-order valence-corrected chi connectivity index (χ1v) is 10.4. The summed E-state index contributed by atoms with van der Waals surface area (Å²) < 4.78 is 0. The zero-order valence-corrected chi connectivity index (χ0v) is 16.0. The van der Waals surface area contributed by atoms with E-state index in [1.54, 1.807) is 0 Å². The molecule has 1 heteroatoms. The van der Waals surface area contributed by atoms with E-state index in [2.05, 4.69) is 56.3 Å². The molecule has 6 atom stereocenters. The standard InChI is InChI=1S/C24H27Cl/c1-14-10-16-12-15(2)22(17(11-14)13-16)24-19-7-4-3-6-18(19)23-20(24)8-5-9-21(23)25/h3-9,14-17,22,24H,10-13H2,1-2H3. The highest BCUT2D eigenvalue weighted by molar-refractivity contribution is 6.33. The lowest BCUT2D eigenvalue weighted by molar-refractivity contribution is 0.0385. The summed E-state index contributed by atoms with van der Waals surface area (Å²) in [4.78, 5) is 0. The molecule has 5 rings (SSSR count). The second-order valence-electron chi connectivity index (χ2n) is 9.00. The molecular formula is C24H27Cl. The summed E-state index contributed by atoms with van der Waals surface area (Å²) in [6.07, 6.45) is 5.74. The van der Waals surface area contributed by atoms with Gasteiger partial charge in [-0.05, 0) is 78.0 Å². The molecule has 0 N–H and O–H groups in total. The lowest BCUT2D eigenvalue weighted by Crippen LogP contribution is -2.39. The number of hydrogen-bond acceptors (Lipinski definition) is 0.